The molecule has 14 heavy (non-hydrogen) atoms. The van der Waals surface area contributed by atoms with Crippen LogP contribution in [0, 0.1) is 13.8 Å². The third-order valence-electron chi connectivity index (χ3n) is 2.39. The Morgan fingerprint density at radius 3 is 2.57 bits per heavy atom. The van der Waals surface area contributed by atoms with Crippen molar-refractivity contribution in [2.24, 2.45) is 7.05 Å². The average molecular weight is 195 g/mol. The Morgan fingerprint density at radius 1 is 1.50 bits per heavy atom. The molecule has 2 N–H and O–H groups in total. The lowest BCUT2D eigenvalue weighted by molar-refractivity contribution is -0.115. The van der Waals surface area contributed by atoms with Crippen molar-refractivity contribution in [3.05, 3.63) is 17.5 Å². The maximum Gasteiger partial charge on any atom is 0.238 e. The summed E-state index contributed by atoms with van der Waals surface area (Å²) in [6.45, 7) is 4.34. The van der Waals surface area contributed by atoms with E-state index in [9.17, 15) is 4.79 Å². The highest BCUT2D eigenvalue weighted by Crippen LogP contribution is 2.18. The fourth-order valence-electron chi connectivity index (χ4n) is 1.34. The first-order valence-electron chi connectivity index (χ1n) is 4.63. The molecule has 0 atom stereocenters. The van der Waals surface area contributed by atoms with E-state index in [0.29, 0.717) is 6.54 Å². The van der Waals surface area contributed by atoms with Gasteiger partial charge in [-0.2, -0.15) is 0 Å². The summed E-state index contributed by atoms with van der Waals surface area (Å²) in [6, 6.07) is 1.98. The molecule has 1 amide bonds. The first-order valence-corrected chi connectivity index (χ1v) is 4.63. The summed E-state index contributed by atoms with van der Waals surface area (Å²) in [7, 11) is 3.74. The number of likely N-dealkylation sites (N-methyl/N-ethyl adjacent to an activating group) is 1. The second-order valence-corrected chi connectivity index (χ2v) is 3.42. The van der Waals surface area contributed by atoms with E-state index in [1.807, 2.05) is 27.0 Å². The molecule has 0 unspecified atom stereocenters. The van der Waals surface area contributed by atoms with Gasteiger partial charge < -0.3 is 15.2 Å². The van der Waals surface area contributed by atoms with Gasteiger partial charge in [0.05, 0.1) is 12.2 Å². The number of amides is 1. The van der Waals surface area contributed by atoms with Crippen molar-refractivity contribution in [1.29, 1.82) is 0 Å². The van der Waals surface area contributed by atoms with Crippen LogP contribution in [0.1, 0.15) is 11.4 Å². The summed E-state index contributed by atoms with van der Waals surface area (Å²) in [5.74, 6) is -0.0128. The Hall–Kier alpha value is -1.29. The highest BCUT2D eigenvalue weighted by Gasteiger charge is 2.08. The van der Waals surface area contributed by atoms with E-state index in [-0.39, 0.29) is 5.91 Å². The predicted molar refractivity (Wildman–Crippen MR) is 57.4 cm³/mol. The van der Waals surface area contributed by atoms with E-state index in [4.69, 9.17) is 0 Å². The summed E-state index contributed by atoms with van der Waals surface area (Å²) in [6.07, 6.45) is 0. The summed E-state index contributed by atoms with van der Waals surface area (Å²) >= 11 is 0. The lowest BCUT2D eigenvalue weighted by atomic mass is 10.3. The maximum atomic E-state index is 11.3. The van der Waals surface area contributed by atoms with Crippen LogP contribution in [0.25, 0.3) is 0 Å². The van der Waals surface area contributed by atoms with Gasteiger partial charge in [0, 0.05) is 18.4 Å². The molecule has 0 aliphatic carbocycles. The standard InChI is InChI=1S/C10H17N3O/c1-7-5-9(8(2)13(7)4)12-10(14)6-11-3/h5,11H,6H2,1-4H3,(H,12,14). The number of aromatic nitrogens is 1. The Morgan fingerprint density at radius 2 is 2.14 bits per heavy atom. The second-order valence-electron chi connectivity index (χ2n) is 3.42. The molecule has 4 heteroatoms. The molecule has 78 valence electrons. The Labute approximate surface area is 84.3 Å². The van der Waals surface area contributed by atoms with Crippen LogP contribution in [0.15, 0.2) is 6.07 Å². The number of carbonyl (C=O) groups excluding carboxylic acids is 1. The van der Waals surface area contributed by atoms with E-state index >= 15 is 0 Å². The molecule has 0 saturated heterocycles. The Balaban J connectivity index is 2.77. The number of nitrogens with one attached hydrogen (secondary N) is 2. The van der Waals surface area contributed by atoms with Crippen LogP contribution in [0.5, 0.6) is 0 Å². The SMILES string of the molecule is CNCC(=O)Nc1cc(C)n(C)c1C. The highest BCUT2D eigenvalue weighted by atomic mass is 16.1. The van der Waals surface area contributed by atoms with E-state index in [1.165, 1.54) is 0 Å². The van der Waals surface area contributed by atoms with Gasteiger partial charge in [-0.15, -0.1) is 0 Å². The fraction of sp³-hybridized carbons (Fsp3) is 0.500. The molecule has 0 aromatic carbocycles. The molecule has 4 nitrogen and oxygen atoms in total. The normalized spacial score (nSPS) is 10.3. The lowest BCUT2D eigenvalue weighted by Crippen LogP contribution is -2.25. The van der Waals surface area contributed by atoms with Gasteiger partial charge in [0.15, 0.2) is 0 Å². The average Bonchev–Trinajstić information content (AvgIpc) is 2.34. The first-order chi connectivity index (χ1) is 6.56. The van der Waals surface area contributed by atoms with Crippen LogP contribution in [0.4, 0.5) is 5.69 Å². The number of carbonyl (C=O) groups is 1. The van der Waals surface area contributed by atoms with Gasteiger partial charge in [0.1, 0.15) is 0 Å². The van der Waals surface area contributed by atoms with Gasteiger partial charge in [-0.25, -0.2) is 0 Å². The molecule has 0 spiro atoms. The zero-order valence-electron chi connectivity index (χ0n) is 9.14. The molecular weight excluding hydrogens is 178 g/mol. The predicted octanol–water partition coefficient (Wildman–Crippen LogP) is 0.800. The topological polar surface area (TPSA) is 46.1 Å². The van der Waals surface area contributed by atoms with E-state index in [1.54, 1.807) is 7.05 Å². The molecule has 0 aliphatic rings. The number of aryl methyl sites for hydroxylation is 1. The zero-order valence-corrected chi connectivity index (χ0v) is 9.14. The van der Waals surface area contributed by atoms with Crippen molar-refractivity contribution < 1.29 is 4.79 Å². The van der Waals surface area contributed by atoms with Gasteiger partial charge in [-0.05, 0) is 27.0 Å². The van der Waals surface area contributed by atoms with Gasteiger partial charge in [0.2, 0.25) is 5.91 Å². The molecule has 1 rings (SSSR count). The minimum absolute atomic E-state index is 0.0128. The second kappa shape index (κ2) is 4.28. The largest absolute Gasteiger partial charge is 0.350 e. The van der Waals surface area contributed by atoms with E-state index < -0.39 is 0 Å². The third kappa shape index (κ3) is 2.14. The molecule has 0 saturated carbocycles. The van der Waals surface area contributed by atoms with Gasteiger partial charge in [0.25, 0.3) is 0 Å². The molecule has 1 heterocycles. The molecular formula is C10H17N3O. The zero-order chi connectivity index (χ0) is 10.7. The van der Waals surface area contributed by atoms with Crippen molar-refractivity contribution in [3.63, 3.8) is 0 Å². The number of anilines is 1. The monoisotopic (exact) mass is 195 g/mol. The molecule has 0 bridgehead atoms. The van der Waals surface area contributed by atoms with Gasteiger partial charge in [-0.3, -0.25) is 4.79 Å². The summed E-state index contributed by atoms with van der Waals surface area (Å²) < 4.78 is 2.05. The highest BCUT2D eigenvalue weighted by molar-refractivity contribution is 5.92. The maximum absolute atomic E-state index is 11.3. The molecule has 0 radical (unpaired) electrons. The molecule has 0 aliphatic heterocycles. The van der Waals surface area contributed by atoms with Gasteiger partial charge >= 0.3 is 0 Å². The lowest BCUT2D eigenvalue weighted by Gasteiger charge is -2.04. The molecule has 1 aromatic rings. The quantitative estimate of drug-likeness (QED) is 0.749. The summed E-state index contributed by atoms with van der Waals surface area (Å²) in [5, 5.41) is 5.66. The van der Waals surface area contributed by atoms with Crippen molar-refractivity contribution in [1.82, 2.24) is 9.88 Å². The number of nitrogens with zero attached hydrogens (tertiary/aromatic N) is 1. The summed E-state index contributed by atoms with van der Waals surface area (Å²) in [5.41, 5.74) is 3.11. The Kier molecular flexibility index (Phi) is 3.30. The van der Waals surface area contributed by atoms with Crippen molar-refractivity contribution in [2.75, 3.05) is 18.9 Å². The van der Waals surface area contributed by atoms with Crippen LogP contribution in [-0.2, 0) is 11.8 Å². The van der Waals surface area contributed by atoms with Crippen molar-refractivity contribution in [3.8, 4) is 0 Å². The fourth-order valence-corrected chi connectivity index (χ4v) is 1.34. The van der Waals surface area contributed by atoms with Crippen molar-refractivity contribution >= 4 is 11.6 Å². The van der Waals surface area contributed by atoms with Crippen LogP contribution in [-0.4, -0.2) is 24.1 Å². The first kappa shape index (κ1) is 10.8. The smallest absolute Gasteiger partial charge is 0.238 e. The van der Waals surface area contributed by atoms with Crippen LogP contribution < -0.4 is 10.6 Å². The van der Waals surface area contributed by atoms with Crippen LogP contribution in [0.3, 0.4) is 0 Å². The van der Waals surface area contributed by atoms with E-state index in [2.05, 4.69) is 15.2 Å². The number of hydrogen-bond donors (Lipinski definition) is 2. The number of hydrogen-bond acceptors (Lipinski definition) is 2. The van der Waals surface area contributed by atoms with E-state index in [0.717, 1.165) is 17.1 Å². The third-order valence-corrected chi connectivity index (χ3v) is 2.39. The van der Waals surface area contributed by atoms with Crippen LogP contribution in [0.2, 0.25) is 0 Å². The minimum Gasteiger partial charge on any atom is -0.350 e. The Bertz CT molecular complexity index is 341. The molecule has 1 aromatic heterocycles. The van der Waals surface area contributed by atoms with Gasteiger partial charge in [-0.1, -0.05) is 0 Å². The minimum atomic E-state index is -0.0128. The number of rotatable bonds is 3. The van der Waals surface area contributed by atoms with Crippen molar-refractivity contribution in [2.45, 2.75) is 13.8 Å². The molecule has 0 fully saturated rings. The van der Waals surface area contributed by atoms with Crippen LogP contribution >= 0.6 is 0 Å². The summed E-state index contributed by atoms with van der Waals surface area (Å²) in [4.78, 5) is 11.3.